The lowest BCUT2D eigenvalue weighted by molar-refractivity contribution is -0.118. The molecule has 0 aliphatic carbocycles. The maximum absolute atomic E-state index is 10.9. The minimum Gasteiger partial charge on any atom is -0.370 e. The van der Waals surface area contributed by atoms with Crippen molar-refractivity contribution in [3.63, 3.8) is 0 Å². The number of amides is 1. The van der Waals surface area contributed by atoms with Crippen LogP contribution in [0.15, 0.2) is 30.5 Å². The Bertz CT molecular complexity index is 838. The number of rotatable bonds is 7. The molecule has 1 aromatic carbocycles. The molecule has 0 fully saturated rings. The Morgan fingerprint density at radius 2 is 2.04 bits per heavy atom. The number of pyridine rings is 1. The molecule has 2 N–H and O–H groups in total. The third-order valence-corrected chi connectivity index (χ3v) is 4.09. The minimum atomic E-state index is -0.232. The van der Waals surface area contributed by atoms with Gasteiger partial charge in [0.1, 0.15) is 11.3 Å². The van der Waals surface area contributed by atoms with E-state index in [2.05, 4.69) is 22.5 Å². The Balaban J connectivity index is 2.02. The molecule has 0 atom stereocenters. The summed E-state index contributed by atoms with van der Waals surface area (Å²) in [4.78, 5) is 20.2. The Labute approximate surface area is 135 Å². The Morgan fingerprint density at radius 1 is 1.22 bits per heavy atom. The molecule has 1 amide bonds. The lowest BCUT2D eigenvalue weighted by Gasteiger charge is -2.10. The normalized spacial score (nSPS) is 11.3. The Kier molecular flexibility index (Phi) is 4.55. The molecule has 5 nitrogen and oxygen atoms in total. The smallest absolute Gasteiger partial charge is 0.217 e. The first kappa shape index (κ1) is 15.5. The van der Waals surface area contributed by atoms with Crippen molar-refractivity contribution in [3.05, 3.63) is 36.3 Å². The van der Waals surface area contributed by atoms with Gasteiger partial charge in [-0.05, 0) is 25.3 Å². The van der Waals surface area contributed by atoms with Crippen LogP contribution in [0.25, 0.3) is 21.9 Å². The number of nitrogens with zero attached hydrogens (tertiary/aromatic N) is 3. The largest absolute Gasteiger partial charge is 0.370 e. The number of aromatic nitrogens is 3. The van der Waals surface area contributed by atoms with Crippen LogP contribution in [-0.4, -0.2) is 20.4 Å². The molecule has 0 saturated carbocycles. The van der Waals surface area contributed by atoms with Crippen molar-refractivity contribution in [3.8, 4) is 0 Å². The number of para-hydroxylation sites is 1. The van der Waals surface area contributed by atoms with E-state index in [-0.39, 0.29) is 5.91 Å². The lowest BCUT2D eigenvalue weighted by atomic mass is 10.2. The number of fused-ring (bicyclic) bond motifs is 3. The zero-order chi connectivity index (χ0) is 16.2. The average Bonchev–Trinajstić information content (AvgIpc) is 2.90. The molecule has 0 spiro atoms. The van der Waals surface area contributed by atoms with Crippen molar-refractivity contribution in [2.45, 2.75) is 45.6 Å². The highest BCUT2D eigenvalue weighted by molar-refractivity contribution is 6.02. The van der Waals surface area contributed by atoms with E-state index in [1.165, 1.54) is 0 Å². The molecule has 0 aliphatic heterocycles. The summed E-state index contributed by atoms with van der Waals surface area (Å²) in [5.74, 6) is 0.864. The highest BCUT2D eigenvalue weighted by Crippen LogP contribution is 2.25. The summed E-state index contributed by atoms with van der Waals surface area (Å²) in [5.41, 5.74) is 8.31. The van der Waals surface area contributed by atoms with E-state index >= 15 is 0 Å². The predicted molar refractivity (Wildman–Crippen MR) is 92.1 cm³/mol. The van der Waals surface area contributed by atoms with Gasteiger partial charge in [-0.15, -0.1) is 0 Å². The van der Waals surface area contributed by atoms with E-state index in [9.17, 15) is 4.79 Å². The van der Waals surface area contributed by atoms with Crippen molar-refractivity contribution >= 4 is 27.8 Å². The number of aryl methyl sites for hydroxylation is 2. The van der Waals surface area contributed by atoms with Crippen LogP contribution in [0.5, 0.6) is 0 Å². The average molecular weight is 310 g/mol. The van der Waals surface area contributed by atoms with Gasteiger partial charge in [0.25, 0.3) is 0 Å². The summed E-state index contributed by atoms with van der Waals surface area (Å²) in [6.07, 6.45) is 6.02. The fourth-order valence-corrected chi connectivity index (χ4v) is 3.03. The number of unbranched alkanes of at least 4 members (excludes halogenated alkanes) is 1. The highest BCUT2D eigenvalue weighted by atomic mass is 16.1. The standard InChI is InChI=1S/C18H22N4O/c1-2-7-17-21-15-12-20-14-9-4-3-8-13(14)18(15)22(17)11-6-5-10-16(19)23/h3-4,8-9,12H,2,5-7,10-11H2,1H3,(H2,19,23). The molecule has 0 bridgehead atoms. The number of hydrogen-bond acceptors (Lipinski definition) is 3. The number of carbonyl (C=O) groups is 1. The van der Waals surface area contributed by atoms with Crippen LogP contribution in [0.2, 0.25) is 0 Å². The summed E-state index contributed by atoms with van der Waals surface area (Å²) < 4.78 is 2.30. The van der Waals surface area contributed by atoms with Gasteiger partial charge < -0.3 is 10.3 Å². The topological polar surface area (TPSA) is 73.8 Å². The maximum Gasteiger partial charge on any atom is 0.217 e. The molecule has 3 aromatic rings. The van der Waals surface area contributed by atoms with Crippen LogP contribution in [0, 0.1) is 0 Å². The van der Waals surface area contributed by atoms with Crippen LogP contribution in [0.3, 0.4) is 0 Å². The van der Waals surface area contributed by atoms with E-state index in [1.54, 1.807) is 0 Å². The first-order valence-electron chi connectivity index (χ1n) is 8.22. The van der Waals surface area contributed by atoms with Crippen molar-refractivity contribution < 1.29 is 4.79 Å². The quantitative estimate of drug-likeness (QED) is 0.681. The molecule has 0 aliphatic rings. The highest BCUT2D eigenvalue weighted by Gasteiger charge is 2.13. The van der Waals surface area contributed by atoms with Crippen LogP contribution >= 0.6 is 0 Å². The van der Waals surface area contributed by atoms with Gasteiger partial charge >= 0.3 is 0 Å². The fourth-order valence-electron chi connectivity index (χ4n) is 3.03. The number of benzene rings is 1. The summed E-state index contributed by atoms with van der Waals surface area (Å²) >= 11 is 0. The van der Waals surface area contributed by atoms with Gasteiger partial charge in [-0.1, -0.05) is 25.1 Å². The third-order valence-electron chi connectivity index (χ3n) is 4.09. The SMILES string of the molecule is CCCc1nc2cnc3ccccc3c2n1CCCCC(N)=O. The lowest BCUT2D eigenvalue weighted by Crippen LogP contribution is -2.11. The Morgan fingerprint density at radius 3 is 2.83 bits per heavy atom. The minimum absolute atomic E-state index is 0.232. The van der Waals surface area contributed by atoms with Gasteiger partial charge in [0.2, 0.25) is 5.91 Å². The van der Waals surface area contributed by atoms with E-state index < -0.39 is 0 Å². The summed E-state index contributed by atoms with van der Waals surface area (Å²) in [7, 11) is 0. The van der Waals surface area contributed by atoms with Gasteiger partial charge in [-0.25, -0.2) is 4.98 Å². The van der Waals surface area contributed by atoms with Crippen molar-refractivity contribution in [1.29, 1.82) is 0 Å². The molecule has 0 unspecified atom stereocenters. The number of carbonyl (C=O) groups excluding carboxylic acids is 1. The first-order chi connectivity index (χ1) is 11.2. The van der Waals surface area contributed by atoms with E-state index in [1.807, 2.05) is 24.4 Å². The number of primary amides is 1. The van der Waals surface area contributed by atoms with E-state index in [0.717, 1.165) is 60.0 Å². The molecule has 23 heavy (non-hydrogen) atoms. The molecule has 2 heterocycles. The van der Waals surface area contributed by atoms with Gasteiger partial charge in [0, 0.05) is 24.8 Å². The number of imidazole rings is 1. The summed E-state index contributed by atoms with van der Waals surface area (Å²) in [5, 5.41) is 1.13. The van der Waals surface area contributed by atoms with Crippen LogP contribution in [0.1, 0.15) is 38.4 Å². The van der Waals surface area contributed by atoms with Crippen LogP contribution in [0.4, 0.5) is 0 Å². The zero-order valence-corrected chi connectivity index (χ0v) is 13.5. The molecule has 3 rings (SSSR count). The second-order valence-electron chi connectivity index (χ2n) is 5.86. The second kappa shape index (κ2) is 6.77. The molecular formula is C18H22N4O. The molecule has 2 aromatic heterocycles. The number of nitrogens with two attached hydrogens (primary N) is 1. The monoisotopic (exact) mass is 310 g/mol. The molecular weight excluding hydrogens is 288 g/mol. The van der Waals surface area contributed by atoms with E-state index in [4.69, 9.17) is 10.7 Å². The van der Waals surface area contributed by atoms with Gasteiger partial charge in [-0.2, -0.15) is 0 Å². The van der Waals surface area contributed by atoms with Crippen molar-refractivity contribution in [1.82, 2.24) is 14.5 Å². The maximum atomic E-state index is 10.9. The number of hydrogen-bond donors (Lipinski definition) is 1. The van der Waals surface area contributed by atoms with Gasteiger partial charge in [0.05, 0.1) is 17.2 Å². The molecule has 0 radical (unpaired) electrons. The predicted octanol–water partition coefficient (Wildman–Crippen LogP) is 3.19. The van der Waals surface area contributed by atoms with E-state index in [0.29, 0.717) is 6.42 Å². The zero-order valence-electron chi connectivity index (χ0n) is 13.5. The van der Waals surface area contributed by atoms with Crippen molar-refractivity contribution in [2.75, 3.05) is 0 Å². The second-order valence-corrected chi connectivity index (χ2v) is 5.86. The molecule has 120 valence electrons. The van der Waals surface area contributed by atoms with Gasteiger partial charge in [0.15, 0.2) is 0 Å². The first-order valence-corrected chi connectivity index (χ1v) is 8.22. The van der Waals surface area contributed by atoms with Gasteiger partial charge in [-0.3, -0.25) is 9.78 Å². The molecule has 5 heteroatoms. The van der Waals surface area contributed by atoms with Crippen molar-refractivity contribution in [2.24, 2.45) is 5.73 Å². The Hall–Kier alpha value is -2.43. The van der Waals surface area contributed by atoms with Crippen LogP contribution in [-0.2, 0) is 17.8 Å². The summed E-state index contributed by atoms with van der Waals surface area (Å²) in [6, 6.07) is 8.16. The van der Waals surface area contributed by atoms with Crippen LogP contribution < -0.4 is 5.73 Å². The molecule has 0 saturated heterocycles. The summed E-state index contributed by atoms with van der Waals surface area (Å²) in [6.45, 7) is 3.01. The fraction of sp³-hybridized carbons (Fsp3) is 0.389. The third kappa shape index (κ3) is 3.18.